The monoisotopic (exact) mass is 225 g/mol. The van der Waals surface area contributed by atoms with Gasteiger partial charge in [0.1, 0.15) is 0 Å². The molecule has 0 radical (unpaired) electrons. The summed E-state index contributed by atoms with van der Waals surface area (Å²) in [6.07, 6.45) is 6.01. The summed E-state index contributed by atoms with van der Waals surface area (Å²) in [5.41, 5.74) is 1.84. The second kappa shape index (κ2) is 3.93. The van der Waals surface area contributed by atoms with E-state index in [0.29, 0.717) is 11.4 Å². The summed E-state index contributed by atoms with van der Waals surface area (Å²) in [5, 5.41) is 0.697. The van der Waals surface area contributed by atoms with E-state index in [0.717, 1.165) is 11.3 Å². The van der Waals surface area contributed by atoms with Crippen LogP contribution in [0.3, 0.4) is 0 Å². The fourth-order valence-corrected chi connectivity index (χ4v) is 1.90. The van der Waals surface area contributed by atoms with Gasteiger partial charge in [0.25, 0.3) is 0 Å². The van der Waals surface area contributed by atoms with Crippen molar-refractivity contribution in [1.29, 1.82) is 0 Å². The Balaban J connectivity index is 2.45. The molecule has 0 atom stereocenters. The van der Waals surface area contributed by atoms with Gasteiger partial charge < -0.3 is 9.47 Å². The first kappa shape index (κ1) is 10.6. The first-order valence-electron chi connectivity index (χ1n) is 4.64. The lowest BCUT2D eigenvalue weighted by Gasteiger charge is -2.31. The number of hydrogen-bond acceptors (Lipinski definition) is 3. The molecule has 0 amide bonds. The second-order valence-electron chi connectivity index (χ2n) is 3.39. The minimum absolute atomic E-state index is 0.582. The number of ether oxygens (including phenoxy) is 2. The highest BCUT2D eigenvalue weighted by molar-refractivity contribution is 6.31. The van der Waals surface area contributed by atoms with E-state index in [1.165, 1.54) is 0 Å². The molecule has 1 aliphatic rings. The molecule has 0 N–H and O–H groups in total. The van der Waals surface area contributed by atoms with Crippen LogP contribution in [0.15, 0.2) is 18.3 Å². The van der Waals surface area contributed by atoms with E-state index in [1.807, 2.05) is 12.2 Å². The molecule has 3 nitrogen and oxygen atoms in total. The lowest BCUT2D eigenvalue weighted by atomic mass is 9.97. The van der Waals surface area contributed by atoms with E-state index in [2.05, 4.69) is 4.98 Å². The molecule has 1 aliphatic carbocycles. The van der Waals surface area contributed by atoms with Gasteiger partial charge in [-0.3, -0.25) is 4.98 Å². The molecule has 1 aromatic rings. The topological polar surface area (TPSA) is 31.4 Å². The molecule has 0 saturated heterocycles. The average molecular weight is 226 g/mol. The maximum atomic E-state index is 6.10. The highest BCUT2D eigenvalue weighted by Gasteiger charge is 2.32. The maximum absolute atomic E-state index is 6.10. The lowest BCUT2D eigenvalue weighted by Crippen LogP contribution is -2.36. The van der Waals surface area contributed by atoms with Crippen molar-refractivity contribution >= 4 is 17.7 Å². The largest absolute Gasteiger partial charge is 0.349 e. The molecule has 1 heterocycles. The molecule has 0 saturated carbocycles. The first-order valence-corrected chi connectivity index (χ1v) is 5.01. The van der Waals surface area contributed by atoms with Crippen LogP contribution in [-0.2, 0) is 15.9 Å². The quantitative estimate of drug-likeness (QED) is 0.724. The van der Waals surface area contributed by atoms with E-state index in [1.54, 1.807) is 26.5 Å². The Labute approximate surface area is 93.7 Å². The lowest BCUT2D eigenvalue weighted by molar-refractivity contribution is -0.169. The summed E-state index contributed by atoms with van der Waals surface area (Å²) in [7, 11) is 3.23. The predicted octanol–water partition coefficient (Wildman–Crippen LogP) is 2.29. The predicted molar refractivity (Wildman–Crippen MR) is 58.7 cm³/mol. The van der Waals surface area contributed by atoms with Crippen LogP contribution in [0.5, 0.6) is 0 Å². The molecule has 4 heteroatoms. The molecule has 0 aliphatic heterocycles. The molecule has 0 unspecified atom stereocenters. The van der Waals surface area contributed by atoms with Gasteiger partial charge in [-0.1, -0.05) is 11.6 Å². The van der Waals surface area contributed by atoms with E-state index >= 15 is 0 Å². The van der Waals surface area contributed by atoms with Crippen LogP contribution in [0.1, 0.15) is 11.3 Å². The summed E-state index contributed by atoms with van der Waals surface area (Å²) in [4.78, 5) is 4.23. The third-order valence-corrected chi connectivity index (χ3v) is 3.00. The highest BCUT2D eigenvalue weighted by Crippen LogP contribution is 2.31. The number of fused-ring (bicyclic) bond motifs is 1. The number of nitrogens with zero attached hydrogens (tertiary/aromatic N) is 1. The Kier molecular flexibility index (Phi) is 2.78. The van der Waals surface area contributed by atoms with Crippen molar-refractivity contribution in [3.8, 4) is 0 Å². The van der Waals surface area contributed by atoms with Gasteiger partial charge in [-0.05, 0) is 18.2 Å². The molecule has 1 aromatic heterocycles. The van der Waals surface area contributed by atoms with Gasteiger partial charge in [0.2, 0.25) is 0 Å². The van der Waals surface area contributed by atoms with Crippen LogP contribution < -0.4 is 0 Å². The Morgan fingerprint density at radius 1 is 1.40 bits per heavy atom. The number of methoxy groups -OCH3 is 2. The van der Waals surface area contributed by atoms with Crippen molar-refractivity contribution in [3.05, 3.63) is 34.6 Å². The third-order valence-electron chi connectivity index (χ3n) is 2.64. The highest BCUT2D eigenvalue weighted by atomic mass is 35.5. The standard InChI is InChI=1S/C11H12ClNO2/c1-14-11(15-2)5-3-10-8(7-11)9(12)4-6-13-10/h3-6H,7H2,1-2H3. The second-order valence-corrected chi connectivity index (χ2v) is 3.79. The number of aromatic nitrogens is 1. The van der Waals surface area contributed by atoms with Crippen molar-refractivity contribution in [3.63, 3.8) is 0 Å². The summed E-state index contributed by atoms with van der Waals surface area (Å²) < 4.78 is 10.7. The Morgan fingerprint density at radius 3 is 2.80 bits per heavy atom. The van der Waals surface area contributed by atoms with Gasteiger partial charge in [0.15, 0.2) is 5.79 Å². The van der Waals surface area contributed by atoms with Crippen molar-refractivity contribution < 1.29 is 9.47 Å². The molecule has 0 bridgehead atoms. The van der Waals surface area contributed by atoms with Crippen LogP contribution in [0.25, 0.3) is 6.08 Å². The zero-order valence-corrected chi connectivity index (χ0v) is 9.41. The number of hydrogen-bond donors (Lipinski definition) is 0. The molecular weight excluding hydrogens is 214 g/mol. The van der Waals surface area contributed by atoms with Crippen molar-refractivity contribution in [2.75, 3.05) is 14.2 Å². The van der Waals surface area contributed by atoms with Crippen molar-refractivity contribution in [2.24, 2.45) is 0 Å². The minimum Gasteiger partial charge on any atom is -0.349 e. The van der Waals surface area contributed by atoms with E-state index < -0.39 is 5.79 Å². The Bertz CT molecular complexity index is 400. The number of rotatable bonds is 2. The summed E-state index contributed by atoms with van der Waals surface area (Å²) in [6, 6.07) is 1.77. The van der Waals surface area contributed by atoms with Gasteiger partial charge in [-0.15, -0.1) is 0 Å². The van der Waals surface area contributed by atoms with E-state index in [-0.39, 0.29) is 0 Å². The summed E-state index contributed by atoms with van der Waals surface area (Å²) in [6.45, 7) is 0. The maximum Gasteiger partial charge on any atom is 0.191 e. The molecule has 0 spiro atoms. The van der Waals surface area contributed by atoms with Gasteiger partial charge in [0, 0.05) is 37.4 Å². The number of pyridine rings is 1. The molecule has 80 valence electrons. The molecule has 0 aromatic carbocycles. The van der Waals surface area contributed by atoms with Gasteiger partial charge >= 0.3 is 0 Å². The first-order chi connectivity index (χ1) is 7.21. The van der Waals surface area contributed by atoms with Crippen LogP contribution >= 0.6 is 11.6 Å². The fraction of sp³-hybridized carbons (Fsp3) is 0.364. The van der Waals surface area contributed by atoms with Gasteiger partial charge in [0.05, 0.1) is 5.69 Å². The molecule has 15 heavy (non-hydrogen) atoms. The molecule has 2 rings (SSSR count). The molecule has 0 fully saturated rings. The van der Waals surface area contributed by atoms with Crippen LogP contribution in [-0.4, -0.2) is 25.0 Å². The van der Waals surface area contributed by atoms with E-state index in [4.69, 9.17) is 21.1 Å². The van der Waals surface area contributed by atoms with Gasteiger partial charge in [-0.25, -0.2) is 0 Å². The Morgan fingerprint density at radius 2 is 2.13 bits per heavy atom. The molecular formula is C11H12ClNO2. The van der Waals surface area contributed by atoms with Crippen LogP contribution in [0.4, 0.5) is 0 Å². The minimum atomic E-state index is -0.709. The summed E-state index contributed by atoms with van der Waals surface area (Å²) in [5.74, 6) is -0.709. The fourth-order valence-electron chi connectivity index (χ4n) is 1.68. The number of halogens is 1. The zero-order valence-electron chi connectivity index (χ0n) is 8.66. The van der Waals surface area contributed by atoms with Gasteiger partial charge in [-0.2, -0.15) is 0 Å². The van der Waals surface area contributed by atoms with Crippen molar-refractivity contribution in [1.82, 2.24) is 4.98 Å². The van der Waals surface area contributed by atoms with Crippen molar-refractivity contribution in [2.45, 2.75) is 12.2 Å². The average Bonchev–Trinajstić information content (AvgIpc) is 2.29. The smallest absolute Gasteiger partial charge is 0.191 e. The van der Waals surface area contributed by atoms with Crippen LogP contribution in [0, 0.1) is 0 Å². The SMILES string of the molecule is COC1(OC)C=Cc2nccc(Cl)c2C1. The third kappa shape index (κ3) is 1.78. The normalized spacial score (nSPS) is 17.5. The van der Waals surface area contributed by atoms with E-state index in [9.17, 15) is 0 Å². The zero-order chi connectivity index (χ0) is 10.9. The Hall–Kier alpha value is -0.900. The van der Waals surface area contributed by atoms with Crippen LogP contribution in [0.2, 0.25) is 5.02 Å². The summed E-state index contributed by atoms with van der Waals surface area (Å²) >= 11 is 6.10.